The number of nitrogen functional groups attached to an aromatic ring is 1. The number of aromatic nitrogens is 2. The number of aromatic hydroxyl groups is 1. The highest BCUT2D eigenvalue weighted by molar-refractivity contribution is 5.83. The molecule has 0 aliphatic heterocycles. The molecule has 2 aromatic rings. The molecule has 0 amide bonds. The molecule has 0 bridgehead atoms. The van der Waals surface area contributed by atoms with Crippen LogP contribution in [-0.2, 0) is 0 Å². The summed E-state index contributed by atoms with van der Waals surface area (Å²) in [5, 5.41) is 9.89. The second kappa shape index (κ2) is 3.00. The van der Waals surface area contributed by atoms with E-state index in [1.54, 1.807) is 6.07 Å². The molecule has 0 fully saturated rings. The number of nitrogens with zero attached hydrogens (tertiary/aromatic N) is 1. The summed E-state index contributed by atoms with van der Waals surface area (Å²) in [5.74, 6) is 5.06. The molecule has 2 heterocycles. The second-order valence-corrected chi connectivity index (χ2v) is 2.78. The van der Waals surface area contributed by atoms with Gasteiger partial charge in [0.25, 0.3) is 5.56 Å². The fourth-order valence-electron chi connectivity index (χ4n) is 1.19. The molecule has 0 saturated carbocycles. The van der Waals surface area contributed by atoms with Crippen molar-refractivity contribution in [2.75, 3.05) is 5.43 Å². The van der Waals surface area contributed by atoms with Crippen LogP contribution < -0.4 is 16.8 Å². The number of nitrogens with two attached hydrogens (primary N) is 1. The molecule has 6 nitrogen and oxygen atoms in total. The number of nitrogens with one attached hydrogen (secondary N) is 2. The maximum atomic E-state index is 11.0. The molecule has 0 unspecified atom stereocenters. The van der Waals surface area contributed by atoms with Crippen LogP contribution in [0.3, 0.4) is 0 Å². The van der Waals surface area contributed by atoms with E-state index in [2.05, 4.69) is 15.4 Å². The van der Waals surface area contributed by atoms with Gasteiger partial charge in [-0.25, -0.2) is 4.98 Å². The van der Waals surface area contributed by atoms with Gasteiger partial charge in [0.1, 0.15) is 11.4 Å². The molecular formula is C8H8N4O2. The van der Waals surface area contributed by atoms with Crippen LogP contribution in [0.4, 0.5) is 5.69 Å². The van der Waals surface area contributed by atoms with Crippen LogP contribution in [0.1, 0.15) is 0 Å². The zero-order valence-corrected chi connectivity index (χ0v) is 7.11. The minimum absolute atomic E-state index is 0.117. The lowest BCUT2D eigenvalue weighted by atomic mass is 10.2. The molecule has 2 aromatic heterocycles. The summed E-state index contributed by atoms with van der Waals surface area (Å²) in [5.41, 5.74) is 2.89. The highest BCUT2D eigenvalue weighted by Crippen LogP contribution is 2.21. The number of hydrogen-bond donors (Lipinski definition) is 4. The average Bonchev–Trinajstić information content (AvgIpc) is 2.17. The zero-order chi connectivity index (χ0) is 10.1. The molecule has 72 valence electrons. The van der Waals surface area contributed by atoms with Gasteiger partial charge in [-0.15, -0.1) is 0 Å². The van der Waals surface area contributed by atoms with Crippen LogP contribution in [0, 0.1) is 0 Å². The number of fused-ring (bicyclic) bond motifs is 1. The maximum absolute atomic E-state index is 11.0. The molecule has 0 atom stereocenters. The van der Waals surface area contributed by atoms with Crippen LogP contribution in [0.2, 0.25) is 0 Å². The van der Waals surface area contributed by atoms with Crippen LogP contribution >= 0.6 is 0 Å². The first-order valence-corrected chi connectivity index (χ1v) is 3.89. The lowest BCUT2D eigenvalue weighted by Crippen LogP contribution is -2.08. The highest BCUT2D eigenvalue weighted by atomic mass is 16.3. The molecule has 2 rings (SSSR count). The third kappa shape index (κ3) is 1.27. The normalized spacial score (nSPS) is 10.4. The van der Waals surface area contributed by atoms with Gasteiger partial charge in [-0.3, -0.25) is 10.6 Å². The third-order valence-electron chi connectivity index (χ3n) is 1.84. The number of pyridine rings is 2. The van der Waals surface area contributed by atoms with Crippen molar-refractivity contribution in [3.63, 3.8) is 0 Å². The Balaban J connectivity index is 2.82. The van der Waals surface area contributed by atoms with Gasteiger partial charge in [-0.1, -0.05) is 0 Å². The molecule has 0 aliphatic carbocycles. The van der Waals surface area contributed by atoms with E-state index in [9.17, 15) is 9.90 Å². The van der Waals surface area contributed by atoms with E-state index in [0.717, 1.165) is 6.07 Å². The number of hydrogen-bond acceptors (Lipinski definition) is 5. The summed E-state index contributed by atoms with van der Waals surface area (Å²) in [6, 6.07) is 2.68. The van der Waals surface area contributed by atoms with E-state index < -0.39 is 5.56 Å². The molecule has 5 N–H and O–H groups in total. The smallest absolute Gasteiger partial charge is 0.253 e. The molecule has 0 saturated heterocycles. The van der Waals surface area contributed by atoms with Gasteiger partial charge in [0.15, 0.2) is 0 Å². The fraction of sp³-hybridized carbons (Fsp3) is 0. The summed E-state index contributed by atoms with van der Waals surface area (Å²) in [4.78, 5) is 17.4. The van der Waals surface area contributed by atoms with Gasteiger partial charge >= 0.3 is 0 Å². The van der Waals surface area contributed by atoms with E-state index >= 15 is 0 Å². The predicted molar refractivity (Wildman–Crippen MR) is 51.8 cm³/mol. The minimum Gasteiger partial charge on any atom is -0.507 e. The third-order valence-corrected chi connectivity index (χ3v) is 1.84. The van der Waals surface area contributed by atoms with E-state index in [1.165, 1.54) is 6.20 Å². The number of H-pyrrole nitrogens is 1. The van der Waals surface area contributed by atoms with Gasteiger partial charge in [-0.2, -0.15) is 0 Å². The summed E-state index contributed by atoms with van der Waals surface area (Å²) >= 11 is 0. The van der Waals surface area contributed by atoms with Crippen LogP contribution in [0.25, 0.3) is 11.0 Å². The Morgan fingerprint density at radius 1 is 1.50 bits per heavy atom. The minimum atomic E-state index is -0.393. The lowest BCUT2D eigenvalue weighted by molar-refractivity contribution is 0.480. The molecule has 0 radical (unpaired) electrons. The first-order chi connectivity index (χ1) is 6.70. The number of anilines is 1. The van der Waals surface area contributed by atoms with E-state index in [-0.39, 0.29) is 5.75 Å². The van der Waals surface area contributed by atoms with Crippen molar-refractivity contribution >= 4 is 16.7 Å². The van der Waals surface area contributed by atoms with E-state index in [0.29, 0.717) is 16.7 Å². The number of rotatable bonds is 1. The van der Waals surface area contributed by atoms with Crippen molar-refractivity contribution in [2.24, 2.45) is 5.84 Å². The maximum Gasteiger partial charge on any atom is 0.253 e. The lowest BCUT2D eigenvalue weighted by Gasteiger charge is -2.02. The van der Waals surface area contributed by atoms with Gasteiger partial charge in [0.05, 0.1) is 17.3 Å². The topological polar surface area (TPSA) is 104 Å². The number of aromatic amines is 1. The zero-order valence-electron chi connectivity index (χ0n) is 7.11. The molecule has 0 aliphatic rings. The average molecular weight is 192 g/mol. The highest BCUT2D eigenvalue weighted by Gasteiger charge is 2.03. The molecule has 14 heavy (non-hydrogen) atoms. The van der Waals surface area contributed by atoms with Gasteiger partial charge < -0.3 is 15.5 Å². The molecule has 0 aromatic carbocycles. The quantitative estimate of drug-likeness (QED) is 0.373. The molecule has 6 heteroatoms. The molecular weight excluding hydrogens is 184 g/mol. The van der Waals surface area contributed by atoms with Crippen molar-refractivity contribution < 1.29 is 5.11 Å². The number of hydrazine groups is 1. The van der Waals surface area contributed by atoms with Crippen molar-refractivity contribution in [3.8, 4) is 5.75 Å². The first kappa shape index (κ1) is 8.52. The SMILES string of the molecule is NNc1cnc2[nH]c(=O)cc(O)c2c1. The largest absolute Gasteiger partial charge is 0.507 e. The fourth-order valence-corrected chi connectivity index (χ4v) is 1.19. The van der Waals surface area contributed by atoms with Crippen molar-refractivity contribution in [1.82, 2.24) is 9.97 Å². The predicted octanol–water partition coefficient (Wildman–Crippen LogP) is -0.0857. The van der Waals surface area contributed by atoms with Gasteiger partial charge in [-0.05, 0) is 6.07 Å². The Morgan fingerprint density at radius 3 is 3.00 bits per heavy atom. The Labute approximate surface area is 78.4 Å². The van der Waals surface area contributed by atoms with E-state index in [1.807, 2.05) is 0 Å². The van der Waals surface area contributed by atoms with Crippen molar-refractivity contribution in [2.45, 2.75) is 0 Å². The Kier molecular flexibility index (Phi) is 1.83. The standard InChI is InChI=1S/C8H8N4O2/c9-12-4-1-5-6(13)2-7(14)11-8(5)10-3-4/h1-3,12H,9H2,(H2,10,11,13,14). The molecule has 0 spiro atoms. The van der Waals surface area contributed by atoms with E-state index in [4.69, 9.17) is 5.84 Å². The van der Waals surface area contributed by atoms with Crippen LogP contribution in [0.15, 0.2) is 23.1 Å². The van der Waals surface area contributed by atoms with Crippen LogP contribution in [0.5, 0.6) is 5.75 Å². The first-order valence-electron chi connectivity index (χ1n) is 3.89. The Hall–Kier alpha value is -2.08. The summed E-state index contributed by atoms with van der Waals surface area (Å²) < 4.78 is 0. The van der Waals surface area contributed by atoms with Gasteiger partial charge in [0.2, 0.25) is 0 Å². The monoisotopic (exact) mass is 192 g/mol. The summed E-state index contributed by atoms with van der Waals surface area (Å²) in [6.07, 6.45) is 1.46. The van der Waals surface area contributed by atoms with Crippen molar-refractivity contribution in [1.29, 1.82) is 0 Å². The van der Waals surface area contributed by atoms with Crippen molar-refractivity contribution in [3.05, 3.63) is 28.7 Å². The van der Waals surface area contributed by atoms with Crippen LogP contribution in [-0.4, -0.2) is 15.1 Å². The Morgan fingerprint density at radius 2 is 2.29 bits per heavy atom. The Bertz CT molecular complexity index is 534. The van der Waals surface area contributed by atoms with Gasteiger partial charge in [0, 0.05) is 6.07 Å². The summed E-state index contributed by atoms with van der Waals surface area (Å²) in [6.45, 7) is 0. The second-order valence-electron chi connectivity index (χ2n) is 2.78. The summed E-state index contributed by atoms with van der Waals surface area (Å²) in [7, 11) is 0.